The van der Waals surface area contributed by atoms with Crippen LogP contribution in [0.3, 0.4) is 0 Å². The Morgan fingerprint density at radius 1 is 1.17 bits per heavy atom. The number of hydrogen-bond donors (Lipinski definition) is 4. The molecule has 3 saturated carbocycles. The maximum Gasteiger partial charge on any atom is 0.333 e. The lowest BCUT2D eigenvalue weighted by Gasteiger charge is -2.57. The normalized spacial score (nSPS) is 38.6. The standard InChI is InChI=1S/C27H42N2O6/c1-25(2,23(32)24(33)34)15-28-22(31)14-35-29-17-9-11-26(3)16(13-17)5-6-18-19-7-8-21(30)27(19,4)12-10-20(18)26/h13,18-21,23,30,32H,5-12,14-15H2,1-4H3,(H,28,31)(H,33,34)/t18?,19?,20?,21?,23?,26-,27-/m0/s1. The number of allylic oxidation sites excluding steroid dienone is 2. The first-order valence-electron chi connectivity index (χ1n) is 13.1. The molecule has 0 aromatic heterocycles. The molecule has 35 heavy (non-hydrogen) atoms. The fourth-order valence-corrected chi connectivity index (χ4v) is 7.60. The van der Waals surface area contributed by atoms with Gasteiger partial charge in [-0.2, -0.15) is 0 Å². The van der Waals surface area contributed by atoms with Crippen molar-refractivity contribution in [3.05, 3.63) is 11.6 Å². The molecular weight excluding hydrogens is 448 g/mol. The summed E-state index contributed by atoms with van der Waals surface area (Å²) in [5.74, 6) is 0.256. The van der Waals surface area contributed by atoms with E-state index in [1.165, 1.54) is 18.4 Å². The summed E-state index contributed by atoms with van der Waals surface area (Å²) in [6, 6.07) is 0. The third kappa shape index (κ3) is 4.76. The second kappa shape index (κ2) is 9.51. The number of nitrogens with zero attached hydrogens (tertiary/aromatic N) is 1. The Balaban J connectivity index is 1.33. The molecule has 1 amide bonds. The number of carboxylic acids is 1. The van der Waals surface area contributed by atoms with Crippen LogP contribution in [-0.4, -0.2) is 58.3 Å². The van der Waals surface area contributed by atoms with Gasteiger partial charge in [-0.15, -0.1) is 0 Å². The highest BCUT2D eigenvalue weighted by molar-refractivity contribution is 5.96. The maximum atomic E-state index is 12.1. The van der Waals surface area contributed by atoms with Gasteiger partial charge in [0.15, 0.2) is 12.7 Å². The van der Waals surface area contributed by atoms with Crippen molar-refractivity contribution in [2.24, 2.45) is 39.2 Å². The number of oxime groups is 1. The van der Waals surface area contributed by atoms with Gasteiger partial charge in [-0.1, -0.05) is 38.4 Å². The van der Waals surface area contributed by atoms with Crippen LogP contribution < -0.4 is 5.32 Å². The molecule has 7 atom stereocenters. The second-order valence-corrected chi connectivity index (χ2v) is 12.5. The molecule has 0 radical (unpaired) electrons. The number of aliphatic hydroxyl groups is 2. The number of nitrogens with one attached hydrogen (secondary N) is 1. The number of carbonyl (C=O) groups is 2. The minimum absolute atomic E-state index is 0.0151. The van der Waals surface area contributed by atoms with Gasteiger partial charge < -0.3 is 25.5 Å². The first kappa shape index (κ1) is 26.1. The lowest BCUT2D eigenvalue weighted by Crippen LogP contribution is -2.51. The third-order valence-corrected chi connectivity index (χ3v) is 10.0. The van der Waals surface area contributed by atoms with E-state index < -0.39 is 23.4 Å². The highest BCUT2D eigenvalue weighted by Crippen LogP contribution is 2.65. The molecule has 8 nitrogen and oxygen atoms in total. The van der Waals surface area contributed by atoms with E-state index in [0.29, 0.717) is 17.8 Å². The summed E-state index contributed by atoms with van der Waals surface area (Å²) in [6.07, 6.45) is 8.93. The Hall–Kier alpha value is -1.93. The van der Waals surface area contributed by atoms with Crippen LogP contribution in [0.1, 0.15) is 79.1 Å². The highest BCUT2D eigenvalue weighted by atomic mass is 16.6. The SMILES string of the molecule is CC(C)(CNC(=O)CON=C1C=C2CCC3C4CCC(O)[C@@]4(C)CCC3[C@@]2(C)CC1)C(O)C(=O)O. The second-order valence-electron chi connectivity index (χ2n) is 12.5. The zero-order chi connectivity index (χ0) is 25.6. The van der Waals surface area contributed by atoms with Crippen molar-refractivity contribution in [2.45, 2.75) is 91.3 Å². The van der Waals surface area contributed by atoms with Crippen LogP contribution in [0.25, 0.3) is 0 Å². The summed E-state index contributed by atoms with van der Waals surface area (Å²) in [6.45, 7) is 7.65. The topological polar surface area (TPSA) is 128 Å². The number of carbonyl (C=O) groups excluding carboxylic acids is 1. The van der Waals surface area contributed by atoms with Crippen LogP contribution in [0.15, 0.2) is 16.8 Å². The molecule has 0 heterocycles. The predicted molar refractivity (Wildman–Crippen MR) is 132 cm³/mol. The molecule has 8 heteroatoms. The van der Waals surface area contributed by atoms with Crippen molar-refractivity contribution in [2.75, 3.05) is 13.2 Å². The molecule has 0 aromatic rings. The number of amides is 1. The van der Waals surface area contributed by atoms with Crippen molar-refractivity contribution in [1.82, 2.24) is 5.32 Å². The Kier molecular flexibility index (Phi) is 7.10. The molecule has 3 fully saturated rings. The van der Waals surface area contributed by atoms with Crippen LogP contribution in [0.2, 0.25) is 0 Å². The zero-order valence-electron chi connectivity index (χ0n) is 21.5. The van der Waals surface area contributed by atoms with E-state index in [4.69, 9.17) is 9.94 Å². The monoisotopic (exact) mass is 490 g/mol. The summed E-state index contributed by atoms with van der Waals surface area (Å²) in [7, 11) is 0. The van der Waals surface area contributed by atoms with Crippen LogP contribution in [-0.2, 0) is 14.4 Å². The van der Waals surface area contributed by atoms with Gasteiger partial charge in [0.05, 0.1) is 11.8 Å². The summed E-state index contributed by atoms with van der Waals surface area (Å²) < 4.78 is 0. The fourth-order valence-electron chi connectivity index (χ4n) is 7.60. The van der Waals surface area contributed by atoms with Crippen LogP contribution in [0.5, 0.6) is 0 Å². The Morgan fingerprint density at radius 2 is 1.91 bits per heavy atom. The molecule has 0 bridgehead atoms. The molecule has 4 rings (SSSR count). The van der Waals surface area contributed by atoms with Gasteiger partial charge >= 0.3 is 5.97 Å². The predicted octanol–water partition coefficient (Wildman–Crippen LogP) is 3.27. The average molecular weight is 491 g/mol. The number of carboxylic acid groups (broad SMARTS) is 1. The summed E-state index contributed by atoms with van der Waals surface area (Å²) in [5, 5.41) is 36.2. The molecule has 196 valence electrons. The number of aliphatic carboxylic acids is 1. The van der Waals surface area contributed by atoms with Crippen LogP contribution >= 0.6 is 0 Å². The van der Waals surface area contributed by atoms with E-state index in [2.05, 4.69) is 30.4 Å². The lowest BCUT2D eigenvalue weighted by atomic mass is 9.47. The quantitative estimate of drug-likeness (QED) is 0.406. The molecule has 4 aliphatic rings. The average Bonchev–Trinajstić information content (AvgIpc) is 3.11. The molecule has 5 unspecified atom stereocenters. The summed E-state index contributed by atoms with van der Waals surface area (Å²) in [5.41, 5.74) is 1.57. The van der Waals surface area contributed by atoms with Gasteiger partial charge in [-0.05, 0) is 86.0 Å². The van der Waals surface area contributed by atoms with E-state index in [1.54, 1.807) is 13.8 Å². The van der Waals surface area contributed by atoms with E-state index >= 15 is 0 Å². The van der Waals surface area contributed by atoms with Gasteiger partial charge in [0.1, 0.15) is 0 Å². The van der Waals surface area contributed by atoms with Crippen molar-refractivity contribution in [1.29, 1.82) is 0 Å². The summed E-state index contributed by atoms with van der Waals surface area (Å²) >= 11 is 0. The Bertz CT molecular complexity index is 913. The first-order chi connectivity index (χ1) is 16.4. The van der Waals surface area contributed by atoms with Gasteiger partial charge in [0, 0.05) is 12.0 Å². The molecule has 0 spiro atoms. The largest absolute Gasteiger partial charge is 0.479 e. The number of fused-ring (bicyclic) bond motifs is 5. The van der Waals surface area contributed by atoms with E-state index in [1.807, 2.05) is 0 Å². The minimum atomic E-state index is -1.57. The summed E-state index contributed by atoms with van der Waals surface area (Å²) in [4.78, 5) is 28.5. The number of aliphatic hydroxyl groups excluding tert-OH is 2. The van der Waals surface area contributed by atoms with Crippen molar-refractivity contribution in [3.8, 4) is 0 Å². The van der Waals surface area contributed by atoms with Gasteiger partial charge in [0.2, 0.25) is 0 Å². The molecule has 0 saturated heterocycles. The maximum absolute atomic E-state index is 12.1. The smallest absolute Gasteiger partial charge is 0.333 e. The third-order valence-electron chi connectivity index (χ3n) is 10.0. The van der Waals surface area contributed by atoms with Gasteiger partial charge in [-0.25, -0.2) is 4.79 Å². The number of hydrogen-bond acceptors (Lipinski definition) is 6. The molecule has 4 N–H and O–H groups in total. The van der Waals surface area contributed by atoms with Crippen molar-refractivity contribution in [3.63, 3.8) is 0 Å². The first-order valence-corrected chi connectivity index (χ1v) is 13.1. The van der Waals surface area contributed by atoms with Crippen molar-refractivity contribution >= 4 is 17.6 Å². The van der Waals surface area contributed by atoms with Crippen LogP contribution in [0, 0.1) is 34.0 Å². The van der Waals surface area contributed by atoms with Gasteiger partial charge in [-0.3, -0.25) is 4.79 Å². The van der Waals surface area contributed by atoms with E-state index in [-0.39, 0.29) is 30.1 Å². The van der Waals surface area contributed by atoms with Crippen molar-refractivity contribution < 1.29 is 29.7 Å². The van der Waals surface area contributed by atoms with E-state index in [9.17, 15) is 19.8 Å². The highest BCUT2D eigenvalue weighted by Gasteiger charge is 2.58. The Labute approximate surface area is 208 Å². The molecule has 4 aliphatic carbocycles. The fraction of sp³-hybridized carbons (Fsp3) is 0.815. The van der Waals surface area contributed by atoms with Gasteiger partial charge in [0.25, 0.3) is 5.91 Å². The van der Waals surface area contributed by atoms with E-state index in [0.717, 1.165) is 44.2 Å². The molecular formula is C27H42N2O6. The molecule has 0 aliphatic heterocycles. The number of rotatable bonds is 7. The minimum Gasteiger partial charge on any atom is -0.479 e. The zero-order valence-corrected chi connectivity index (χ0v) is 21.5. The van der Waals surface area contributed by atoms with Crippen LogP contribution in [0.4, 0.5) is 0 Å². The Morgan fingerprint density at radius 3 is 2.63 bits per heavy atom. The lowest BCUT2D eigenvalue weighted by molar-refractivity contribution is -0.153. The molecule has 0 aromatic carbocycles.